The van der Waals surface area contributed by atoms with E-state index in [0.717, 1.165) is 76.5 Å². The van der Waals surface area contributed by atoms with Gasteiger partial charge >= 0.3 is 0 Å². The number of benzene rings is 12. The zero-order valence-electron chi connectivity index (χ0n) is 33.8. The monoisotopic (exact) mass is 722 g/mol. The van der Waals surface area contributed by atoms with E-state index in [1.807, 2.05) is 6.07 Å². The standard InChI is InChI=1S/C56H33N/c1-2-12-44(13-3-1)57-51-15-5-4-14-47(51)50-33-40(24-29-52(50)57)41-30-42(45-25-20-38-18-16-34-8-6-10-36-22-27-48(45)55(38)53(34)36)32-43(31-41)46-26-21-39-19-17-35-9-7-11-37-23-28-49(46)56(39)54(35)37/h1-33H/i30D,31D,32D. The van der Waals surface area contributed by atoms with Gasteiger partial charge in [0.15, 0.2) is 0 Å². The number of nitrogens with zero attached hydrogens (tertiary/aromatic N) is 1. The molecule has 0 atom stereocenters. The quantitative estimate of drug-likeness (QED) is 0.159. The first-order valence-corrected chi connectivity index (χ1v) is 19.6. The van der Waals surface area contributed by atoms with E-state index in [1.165, 1.54) is 32.3 Å². The summed E-state index contributed by atoms with van der Waals surface area (Å²) in [6.07, 6.45) is 0. The van der Waals surface area contributed by atoms with Gasteiger partial charge in [-0.3, -0.25) is 0 Å². The molecule has 1 heteroatoms. The van der Waals surface area contributed by atoms with Crippen molar-refractivity contribution >= 4 is 86.4 Å². The lowest BCUT2D eigenvalue weighted by atomic mass is 9.86. The number of aromatic nitrogens is 1. The van der Waals surface area contributed by atoms with Crippen molar-refractivity contribution < 1.29 is 4.11 Å². The van der Waals surface area contributed by atoms with Gasteiger partial charge in [-0.05, 0) is 146 Å². The molecule has 0 aliphatic rings. The Kier molecular flexibility index (Phi) is 5.66. The highest BCUT2D eigenvalue weighted by Crippen LogP contribution is 2.45. The summed E-state index contributed by atoms with van der Waals surface area (Å²) in [7, 11) is 0. The van der Waals surface area contributed by atoms with Crippen LogP contribution in [0.15, 0.2) is 200 Å². The van der Waals surface area contributed by atoms with Crippen molar-refractivity contribution in [2.75, 3.05) is 0 Å². The van der Waals surface area contributed by atoms with Crippen molar-refractivity contribution in [3.63, 3.8) is 0 Å². The minimum Gasteiger partial charge on any atom is -0.309 e. The van der Waals surface area contributed by atoms with E-state index in [1.54, 1.807) is 0 Å². The number of hydrogen-bond donors (Lipinski definition) is 0. The van der Waals surface area contributed by atoms with Gasteiger partial charge in [-0.2, -0.15) is 0 Å². The Bertz CT molecular complexity index is 3710. The van der Waals surface area contributed by atoms with Gasteiger partial charge in [0.2, 0.25) is 0 Å². The van der Waals surface area contributed by atoms with Crippen LogP contribution in [0.25, 0.3) is 126 Å². The maximum absolute atomic E-state index is 10.2. The second-order valence-corrected chi connectivity index (χ2v) is 15.4. The highest BCUT2D eigenvalue weighted by atomic mass is 15.0. The first kappa shape index (κ1) is 28.0. The van der Waals surface area contributed by atoms with E-state index in [2.05, 4.69) is 180 Å². The van der Waals surface area contributed by atoms with Crippen LogP contribution in [0, 0.1) is 0 Å². The normalized spacial score (nSPS) is 12.9. The summed E-state index contributed by atoms with van der Waals surface area (Å²) in [5.41, 5.74) is 7.26. The third-order valence-electron chi connectivity index (χ3n) is 12.3. The minimum atomic E-state index is 0.188. The van der Waals surface area contributed by atoms with Crippen LogP contribution >= 0.6 is 0 Å². The Labute approximate surface area is 333 Å². The van der Waals surface area contributed by atoms with Crippen molar-refractivity contribution in [3.05, 3.63) is 200 Å². The Morgan fingerprint density at radius 3 is 1.37 bits per heavy atom. The van der Waals surface area contributed by atoms with Crippen molar-refractivity contribution in [3.8, 4) is 39.1 Å². The molecule has 13 rings (SSSR count). The van der Waals surface area contributed by atoms with Crippen LogP contribution in [0.2, 0.25) is 0 Å². The van der Waals surface area contributed by atoms with Crippen LogP contribution in [-0.2, 0) is 0 Å². The van der Waals surface area contributed by atoms with Crippen LogP contribution in [0.5, 0.6) is 0 Å². The minimum absolute atomic E-state index is 0.188. The summed E-state index contributed by atoms with van der Waals surface area (Å²) in [5, 5.41) is 15.7. The fourth-order valence-electron chi connectivity index (χ4n) is 9.77. The van der Waals surface area contributed by atoms with Gasteiger partial charge < -0.3 is 4.57 Å². The van der Waals surface area contributed by atoms with Crippen LogP contribution in [-0.4, -0.2) is 4.57 Å². The molecule has 12 aromatic carbocycles. The smallest absolute Gasteiger partial charge is 0.0636 e. The van der Waals surface area contributed by atoms with Crippen LogP contribution in [0.1, 0.15) is 4.11 Å². The number of hydrogen-bond acceptors (Lipinski definition) is 0. The zero-order chi connectivity index (χ0) is 39.8. The maximum Gasteiger partial charge on any atom is 0.0636 e. The van der Waals surface area contributed by atoms with Crippen LogP contribution < -0.4 is 0 Å². The van der Waals surface area contributed by atoms with Gasteiger partial charge in [-0.25, -0.2) is 0 Å². The summed E-state index contributed by atoms with van der Waals surface area (Å²) < 4.78 is 32.9. The average molecular weight is 723 g/mol. The Hall–Kier alpha value is -7.48. The van der Waals surface area contributed by atoms with Crippen molar-refractivity contribution in [1.29, 1.82) is 0 Å². The van der Waals surface area contributed by atoms with E-state index in [9.17, 15) is 4.11 Å². The SMILES string of the molecule is [2H]c1c(-c2ccc3c(c2)c2ccccc2n3-c2ccccc2)c([2H])c(-c2ccc3ccc4cccc5ccc2c3c45)c([2H])c1-c1ccc2ccc3cccc4ccc1c2c34. The van der Waals surface area contributed by atoms with Gasteiger partial charge in [-0.15, -0.1) is 0 Å². The highest BCUT2D eigenvalue weighted by Gasteiger charge is 2.18. The topological polar surface area (TPSA) is 4.93 Å². The molecular formula is C56H33N. The van der Waals surface area contributed by atoms with Gasteiger partial charge in [0.05, 0.1) is 15.1 Å². The Morgan fingerprint density at radius 2 is 0.772 bits per heavy atom. The molecule has 1 aromatic heterocycles. The number of rotatable bonds is 4. The first-order valence-electron chi connectivity index (χ1n) is 21.1. The van der Waals surface area contributed by atoms with Gasteiger partial charge in [0, 0.05) is 16.5 Å². The fraction of sp³-hybridized carbons (Fsp3) is 0. The number of fused-ring (bicyclic) bond motifs is 3. The predicted molar refractivity (Wildman–Crippen MR) is 244 cm³/mol. The Balaban J connectivity index is 1.16. The molecule has 1 nitrogen and oxygen atoms in total. The zero-order valence-corrected chi connectivity index (χ0v) is 30.8. The molecule has 262 valence electrons. The van der Waals surface area contributed by atoms with Gasteiger partial charge in [0.25, 0.3) is 0 Å². The van der Waals surface area contributed by atoms with E-state index >= 15 is 0 Å². The summed E-state index contributed by atoms with van der Waals surface area (Å²) in [6, 6.07) is 64.4. The molecule has 0 N–H and O–H groups in total. The first-order chi connectivity index (χ1) is 29.5. The molecule has 1 heterocycles. The molecule has 0 amide bonds. The summed E-state index contributed by atoms with van der Waals surface area (Å²) in [5.74, 6) is 0. The molecule has 57 heavy (non-hydrogen) atoms. The van der Waals surface area contributed by atoms with Crippen LogP contribution in [0.4, 0.5) is 0 Å². The molecule has 0 saturated carbocycles. The second-order valence-electron chi connectivity index (χ2n) is 15.4. The molecule has 0 unspecified atom stereocenters. The number of para-hydroxylation sites is 2. The lowest BCUT2D eigenvalue weighted by Crippen LogP contribution is -1.93. The van der Waals surface area contributed by atoms with Crippen molar-refractivity contribution in [1.82, 2.24) is 4.57 Å². The predicted octanol–water partition coefficient (Wildman–Crippen LogP) is 15.6. The molecule has 0 radical (unpaired) electrons. The molecule has 0 bridgehead atoms. The van der Waals surface area contributed by atoms with Crippen molar-refractivity contribution in [2.45, 2.75) is 0 Å². The summed E-state index contributed by atoms with van der Waals surface area (Å²) >= 11 is 0. The molecule has 0 aliphatic carbocycles. The molecule has 13 aromatic rings. The third-order valence-corrected chi connectivity index (χ3v) is 12.3. The summed E-state index contributed by atoms with van der Waals surface area (Å²) in [6.45, 7) is 0. The van der Waals surface area contributed by atoms with E-state index < -0.39 is 0 Å². The third kappa shape index (κ3) is 4.40. The lowest BCUT2D eigenvalue weighted by molar-refractivity contribution is 1.18. The average Bonchev–Trinajstić information content (AvgIpc) is 3.62. The Morgan fingerprint density at radius 1 is 0.298 bits per heavy atom. The summed E-state index contributed by atoms with van der Waals surface area (Å²) in [4.78, 5) is 0. The van der Waals surface area contributed by atoms with E-state index in [4.69, 9.17) is 0 Å². The van der Waals surface area contributed by atoms with Gasteiger partial charge in [0.1, 0.15) is 0 Å². The van der Waals surface area contributed by atoms with E-state index in [0.29, 0.717) is 16.7 Å². The molecule has 0 fully saturated rings. The molecule has 0 aliphatic heterocycles. The fourth-order valence-corrected chi connectivity index (χ4v) is 9.77. The highest BCUT2D eigenvalue weighted by molar-refractivity contribution is 6.27. The second kappa shape index (κ2) is 11.5. The maximum atomic E-state index is 10.2. The molecule has 0 spiro atoms. The van der Waals surface area contributed by atoms with Crippen LogP contribution in [0.3, 0.4) is 0 Å². The lowest BCUT2D eigenvalue weighted by Gasteiger charge is -2.18. The molecular weight excluding hydrogens is 687 g/mol. The van der Waals surface area contributed by atoms with E-state index in [-0.39, 0.29) is 18.1 Å². The van der Waals surface area contributed by atoms with Gasteiger partial charge in [-0.1, -0.05) is 152 Å². The molecule has 0 saturated heterocycles. The van der Waals surface area contributed by atoms with Crippen molar-refractivity contribution in [2.24, 2.45) is 0 Å². The largest absolute Gasteiger partial charge is 0.309 e.